The lowest BCUT2D eigenvalue weighted by Gasteiger charge is -2.35. The van der Waals surface area contributed by atoms with Crippen LogP contribution in [0.25, 0.3) is 10.9 Å². The van der Waals surface area contributed by atoms with Crippen LogP contribution in [-0.2, 0) is 0 Å². The molecule has 2 aromatic heterocycles. The van der Waals surface area contributed by atoms with E-state index in [4.69, 9.17) is 0 Å². The van der Waals surface area contributed by atoms with Crippen molar-refractivity contribution in [3.63, 3.8) is 0 Å². The number of aromatic amines is 1. The summed E-state index contributed by atoms with van der Waals surface area (Å²) in [5.74, 6) is 1.69. The number of piperazine rings is 1. The number of hydrogen-bond acceptors (Lipinski definition) is 5. The van der Waals surface area contributed by atoms with Gasteiger partial charge in [-0.1, -0.05) is 18.2 Å². The monoisotopic (exact) mass is 336 g/mol. The van der Waals surface area contributed by atoms with Crippen molar-refractivity contribution in [2.45, 2.75) is 13.8 Å². The van der Waals surface area contributed by atoms with Gasteiger partial charge in [0.1, 0.15) is 11.6 Å². The molecule has 7 nitrogen and oxygen atoms in total. The van der Waals surface area contributed by atoms with Crippen molar-refractivity contribution in [3.8, 4) is 0 Å². The maximum Gasteiger partial charge on any atom is 0.275 e. The lowest BCUT2D eigenvalue weighted by Crippen LogP contribution is -2.49. The zero-order chi connectivity index (χ0) is 17.4. The van der Waals surface area contributed by atoms with Crippen molar-refractivity contribution < 1.29 is 4.79 Å². The quantitative estimate of drug-likeness (QED) is 0.774. The van der Waals surface area contributed by atoms with Gasteiger partial charge in [0.05, 0.1) is 5.52 Å². The predicted molar refractivity (Wildman–Crippen MR) is 95.7 cm³/mol. The minimum Gasteiger partial charge on any atom is -0.353 e. The summed E-state index contributed by atoms with van der Waals surface area (Å²) >= 11 is 0. The van der Waals surface area contributed by atoms with E-state index >= 15 is 0 Å². The number of hydrogen-bond donors (Lipinski definition) is 1. The Morgan fingerprint density at radius 1 is 1.08 bits per heavy atom. The van der Waals surface area contributed by atoms with Gasteiger partial charge in [-0.25, -0.2) is 9.97 Å². The van der Waals surface area contributed by atoms with E-state index < -0.39 is 0 Å². The van der Waals surface area contributed by atoms with Crippen molar-refractivity contribution in [2.24, 2.45) is 0 Å². The van der Waals surface area contributed by atoms with Crippen LogP contribution in [0.4, 0.5) is 5.82 Å². The summed E-state index contributed by atoms with van der Waals surface area (Å²) in [5, 5.41) is 8.02. The number of H-pyrrole nitrogens is 1. The molecule has 1 aromatic carbocycles. The SMILES string of the molecule is Cc1cc(N2CCN(C(=O)c3n[nH]c4ccccc34)CC2)nc(C)n1. The summed E-state index contributed by atoms with van der Waals surface area (Å²) in [6, 6.07) is 9.70. The summed E-state index contributed by atoms with van der Waals surface area (Å²) in [7, 11) is 0. The van der Waals surface area contributed by atoms with E-state index in [1.165, 1.54) is 0 Å². The standard InChI is InChI=1S/C18H20N6O/c1-12-11-16(20-13(2)19-12)23-7-9-24(10-8-23)18(25)17-14-5-3-4-6-15(14)21-22-17/h3-6,11H,7-10H2,1-2H3,(H,21,22). The van der Waals surface area contributed by atoms with Crippen LogP contribution >= 0.6 is 0 Å². The molecule has 1 aliphatic heterocycles. The number of aryl methyl sites for hydroxylation is 2. The second-order valence-electron chi connectivity index (χ2n) is 6.31. The molecule has 0 bridgehead atoms. The van der Waals surface area contributed by atoms with E-state index in [9.17, 15) is 4.79 Å². The van der Waals surface area contributed by atoms with E-state index in [2.05, 4.69) is 25.1 Å². The molecular weight excluding hydrogens is 316 g/mol. The van der Waals surface area contributed by atoms with Crippen LogP contribution in [0.5, 0.6) is 0 Å². The van der Waals surface area contributed by atoms with Crippen molar-refractivity contribution >= 4 is 22.6 Å². The zero-order valence-corrected chi connectivity index (χ0v) is 14.4. The highest BCUT2D eigenvalue weighted by Crippen LogP contribution is 2.19. The third-order valence-corrected chi connectivity index (χ3v) is 4.52. The highest BCUT2D eigenvalue weighted by molar-refractivity contribution is 6.04. The summed E-state index contributed by atoms with van der Waals surface area (Å²) < 4.78 is 0. The number of carbonyl (C=O) groups is 1. The van der Waals surface area contributed by atoms with E-state index in [0.717, 1.165) is 41.3 Å². The first-order valence-electron chi connectivity index (χ1n) is 8.41. The normalized spacial score (nSPS) is 15.0. The van der Waals surface area contributed by atoms with Gasteiger partial charge in [-0.2, -0.15) is 5.10 Å². The third kappa shape index (κ3) is 2.93. The van der Waals surface area contributed by atoms with Gasteiger partial charge in [-0.15, -0.1) is 0 Å². The molecular formula is C18H20N6O. The molecule has 1 amide bonds. The van der Waals surface area contributed by atoms with E-state index in [-0.39, 0.29) is 5.91 Å². The van der Waals surface area contributed by atoms with Gasteiger partial charge in [0.2, 0.25) is 0 Å². The van der Waals surface area contributed by atoms with E-state index in [1.54, 1.807) is 0 Å². The molecule has 0 saturated carbocycles. The molecule has 1 aliphatic rings. The number of aromatic nitrogens is 4. The van der Waals surface area contributed by atoms with Crippen molar-refractivity contribution in [1.82, 2.24) is 25.1 Å². The van der Waals surface area contributed by atoms with Crippen molar-refractivity contribution in [1.29, 1.82) is 0 Å². The first-order chi connectivity index (χ1) is 12.1. The van der Waals surface area contributed by atoms with Gasteiger partial charge in [0, 0.05) is 43.3 Å². The lowest BCUT2D eigenvalue weighted by atomic mass is 10.2. The lowest BCUT2D eigenvalue weighted by molar-refractivity contribution is 0.0742. The summed E-state index contributed by atoms with van der Waals surface area (Å²) in [5.41, 5.74) is 2.35. The Morgan fingerprint density at radius 2 is 1.84 bits per heavy atom. The first-order valence-corrected chi connectivity index (χ1v) is 8.41. The number of nitrogens with one attached hydrogen (secondary N) is 1. The Labute approximate surface area is 145 Å². The number of amides is 1. The molecule has 3 aromatic rings. The number of fused-ring (bicyclic) bond motifs is 1. The summed E-state index contributed by atoms with van der Waals surface area (Å²) in [4.78, 5) is 25.7. The van der Waals surface area contributed by atoms with E-state index in [0.29, 0.717) is 18.8 Å². The smallest absolute Gasteiger partial charge is 0.275 e. The van der Waals surface area contributed by atoms with Crippen LogP contribution in [0, 0.1) is 13.8 Å². The molecule has 0 radical (unpaired) electrons. The molecule has 128 valence electrons. The molecule has 0 aliphatic carbocycles. The first kappa shape index (κ1) is 15.6. The maximum absolute atomic E-state index is 12.8. The van der Waals surface area contributed by atoms with Crippen LogP contribution in [-0.4, -0.2) is 57.2 Å². The van der Waals surface area contributed by atoms with Crippen LogP contribution in [0.15, 0.2) is 30.3 Å². The molecule has 1 saturated heterocycles. The highest BCUT2D eigenvalue weighted by Gasteiger charge is 2.25. The molecule has 4 rings (SSSR count). The maximum atomic E-state index is 12.8. The number of benzene rings is 1. The molecule has 25 heavy (non-hydrogen) atoms. The van der Waals surface area contributed by atoms with Gasteiger partial charge >= 0.3 is 0 Å². The van der Waals surface area contributed by atoms with Crippen molar-refractivity contribution in [2.75, 3.05) is 31.1 Å². The fourth-order valence-electron chi connectivity index (χ4n) is 3.27. The highest BCUT2D eigenvalue weighted by atomic mass is 16.2. The summed E-state index contributed by atoms with van der Waals surface area (Å²) in [6.45, 7) is 6.69. The van der Waals surface area contributed by atoms with Crippen LogP contribution in [0.2, 0.25) is 0 Å². The Kier molecular flexibility index (Phi) is 3.83. The minimum absolute atomic E-state index is 0.0212. The zero-order valence-electron chi connectivity index (χ0n) is 14.4. The number of rotatable bonds is 2. The number of nitrogens with zero attached hydrogens (tertiary/aromatic N) is 5. The number of carbonyl (C=O) groups excluding carboxylic acids is 1. The molecule has 1 N–H and O–H groups in total. The van der Waals surface area contributed by atoms with Gasteiger partial charge in [0.25, 0.3) is 5.91 Å². The minimum atomic E-state index is -0.0212. The molecule has 3 heterocycles. The molecule has 0 atom stereocenters. The Morgan fingerprint density at radius 3 is 2.60 bits per heavy atom. The van der Waals surface area contributed by atoms with Crippen LogP contribution in [0.3, 0.4) is 0 Å². The predicted octanol–water partition coefficient (Wildman–Crippen LogP) is 1.93. The fraction of sp³-hybridized carbons (Fsp3) is 0.333. The third-order valence-electron chi connectivity index (χ3n) is 4.52. The Balaban J connectivity index is 1.49. The molecule has 0 spiro atoms. The molecule has 1 fully saturated rings. The topological polar surface area (TPSA) is 78.0 Å². The van der Waals surface area contributed by atoms with Gasteiger partial charge in [0.15, 0.2) is 5.69 Å². The second-order valence-corrected chi connectivity index (χ2v) is 6.31. The van der Waals surface area contributed by atoms with Gasteiger partial charge < -0.3 is 9.80 Å². The van der Waals surface area contributed by atoms with Gasteiger partial charge in [-0.3, -0.25) is 9.89 Å². The average Bonchev–Trinajstić information content (AvgIpc) is 3.04. The number of para-hydroxylation sites is 1. The summed E-state index contributed by atoms with van der Waals surface area (Å²) in [6.07, 6.45) is 0. The van der Waals surface area contributed by atoms with Crippen LogP contribution < -0.4 is 4.90 Å². The Bertz CT molecular complexity index is 906. The number of anilines is 1. The van der Waals surface area contributed by atoms with E-state index in [1.807, 2.05) is 49.1 Å². The largest absolute Gasteiger partial charge is 0.353 e. The second kappa shape index (κ2) is 6.16. The molecule has 7 heteroatoms. The Hall–Kier alpha value is -2.96. The van der Waals surface area contributed by atoms with Gasteiger partial charge in [-0.05, 0) is 19.9 Å². The average molecular weight is 336 g/mol. The van der Waals surface area contributed by atoms with Crippen molar-refractivity contribution in [3.05, 3.63) is 47.5 Å². The molecule has 0 unspecified atom stereocenters. The fourth-order valence-corrected chi connectivity index (χ4v) is 3.27. The van der Waals surface area contributed by atoms with Crippen LogP contribution in [0.1, 0.15) is 22.0 Å².